The van der Waals surface area contributed by atoms with Gasteiger partial charge in [-0.05, 0) is 36.1 Å². The van der Waals surface area contributed by atoms with Crippen LogP contribution >= 0.6 is 0 Å². The second-order valence-corrected chi connectivity index (χ2v) is 6.24. The van der Waals surface area contributed by atoms with Gasteiger partial charge in [0.25, 0.3) is 0 Å². The zero-order chi connectivity index (χ0) is 20.8. The lowest BCUT2D eigenvalue weighted by Crippen LogP contribution is -2.16. The van der Waals surface area contributed by atoms with Gasteiger partial charge >= 0.3 is 6.09 Å². The van der Waals surface area contributed by atoms with Crippen molar-refractivity contribution in [3.8, 4) is 0 Å². The Morgan fingerprint density at radius 1 is 0.933 bits per heavy atom. The first-order valence-electron chi connectivity index (χ1n) is 9.31. The van der Waals surface area contributed by atoms with Gasteiger partial charge in [0, 0.05) is 25.4 Å². The van der Waals surface area contributed by atoms with Crippen LogP contribution in [-0.4, -0.2) is 32.3 Å². The number of carbonyl (C=O) groups excluding carboxylic acids is 2. The predicted octanol–water partition coefficient (Wildman–Crippen LogP) is 6.31. The highest BCUT2D eigenvalue weighted by molar-refractivity contribution is 5.90. The van der Waals surface area contributed by atoms with E-state index in [1.807, 2.05) is 0 Å². The van der Waals surface area contributed by atoms with Gasteiger partial charge in [-0.3, -0.25) is 10.1 Å². The molecule has 30 heavy (non-hydrogen) atoms. The standard InChI is InChI=1S/C12H16N2O4.C10H14.2CH4/c1-9(15)13-10-4-3-5-11(8-10)14-12(16)18-7-6-17-2;1-3-9(2)10-7-5-4-6-8-10;;/h3-5,8H,6-7H2,1-2H3,(H,13,15)(H,14,16);4-9H,3H2,1-2H3;2*1H4. The topological polar surface area (TPSA) is 76.7 Å². The SMILES string of the molecule is C.C.CCC(C)c1ccccc1.COCCOC(=O)Nc1cccc(NC(C)=O)c1. The maximum atomic E-state index is 11.3. The summed E-state index contributed by atoms with van der Waals surface area (Å²) in [5, 5.41) is 5.17. The van der Waals surface area contributed by atoms with Crippen molar-refractivity contribution in [2.45, 2.75) is 48.0 Å². The van der Waals surface area contributed by atoms with Gasteiger partial charge in [-0.1, -0.05) is 65.1 Å². The number of hydrogen-bond acceptors (Lipinski definition) is 4. The summed E-state index contributed by atoms with van der Waals surface area (Å²) in [6.07, 6.45) is 0.663. The number of nitrogens with one attached hydrogen (secondary N) is 2. The molecular weight excluding hydrogens is 380 g/mol. The largest absolute Gasteiger partial charge is 0.447 e. The molecule has 0 heterocycles. The number of amides is 2. The van der Waals surface area contributed by atoms with Crippen LogP contribution in [0.1, 0.15) is 53.5 Å². The van der Waals surface area contributed by atoms with Crippen molar-refractivity contribution in [2.24, 2.45) is 0 Å². The molecule has 1 unspecified atom stereocenters. The maximum absolute atomic E-state index is 11.3. The average molecular weight is 419 g/mol. The van der Waals surface area contributed by atoms with Gasteiger partial charge in [0.05, 0.1) is 6.61 Å². The molecule has 0 bridgehead atoms. The van der Waals surface area contributed by atoms with E-state index in [2.05, 4.69) is 54.8 Å². The quantitative estimate of drug-likeness (QED) is 0.516. The third-order valence-electron chi connectivity index (χ3n) is 3.93. The van der Waals surface area contributed by atoms with E-state index in [0.717, 1.165) is 0 Å². The Morgan fingerprint density at radius 3 is 2.07 bits per heavy atom. The third-order valence-corrected chi connectivity index (χ3v) is 3.93. The number of anilines is 2. The number of carbonyl (C=O) groups is 2. The van der Waals surface area contributed by atoms with Gasteiger partial charge in [0.15, 0.2) is 0 Å². The van der Waals surface area contributed by atoms with Gasteiger partial charge in [-0.25, -0.2) is 4.79 Å². The number of methoxy groups -OCH3 is 1. The summed E-state index contributed by atoms with van der Waals surface area (Å²) in [5.74, 6) is 0.538. The molecular formula is C24H38N2O4. The van der Waals surface area contributed by atoms with Crippen molar-refractivity contribution < 1.29 is 19.1 Å². The molecule has 2 N–H and O–H groups in total. The van der Waals surface area contributed by atoms with E-state index < -0.39 is 6.09 Å². The van der Waals surface area contributed by atoms with E-state index in [9.17, 15) is 9.59 Å². The predicted molar refractivity (Wildman–Crippen MR) is 126 cm³/mol. The minimum absolute atomic E-state index is 0. The monoisotopic (exact) mass is 418 g/mol. The van der Waals surface area contributed by atoms with E-state index >= 15 is 0 Å². The Balaban J connectivity index is 0. The molecule has 2 aromatic carbocycles. The van der Waals surface area contributed by atoms with E-state index in [1.165, 1.54) is 26.0 Å². The molecule has 6 nitrogen and oxygen atoms in total. The van der Waals surface area contributed by atoms with Crippen molar-refractivity contribution in [3.63, 3.8) is 0 Å². The van der Waals surface area contributed by atoms with Crippen LogP contribution in [0.4, 0.5) is 16.2 Å². The Bertz CT molecular complexity index is 720. The molecule has 6 heteroatoms. The summed E-state index contributed by atoms with van der Waals surface area (Å²) >= 11 is 0. The summed E-state index contributed by atoms with van der Waals surface area (Å²) in [7, 11) is 1.53. The van der Waals surface area contributed by atoms with Gasteiger partial charge in [0.2, 0.25) is 5.91 Å². The van der Waals surface area contributed by atoms with Crippen molar-refractivity contribution in [3.05, 3.63) is 60.2 Å². The molecule has 0 aromatic heterocycles. The van der Waals surface area contributed by atoms with Crippen LogP contribution < -0.4 is 10.6 Å². The van der Waals surface area contributed by atoms with E-state index in [-0.39, 0.29) is 27.4 Å². The number of benzene rings is 2. The van der Waals surface area contributed by atoms with Crippen LogP contribution in [0.3, 0.4) is 0 Å². The lowest BCUT2D eigenvalue weighted by atomic mass is 9.99. The van der Waals surface area contributed by atoms with Crippen molar-refractivity contribution >= 4 is 23.4 Å². The fourth-order valence-corrected chi connectivity index (χ4v) is 2.27. The molecule has 168 valence electrons. The highest BCUT2D eigenvalue weighted by Crippen LogP contribution is 2.17. The number of rotatable bonds is 7. The van der Waals surface area contributed by atoms with Crippen LogP contribution in [0.5, 0.6) is 0 Å². The molecule has 2 aromatic rings. The van der Waals surface area contributed by atoms with Gasteiger partial charge in [0.1, 0.15) is 6.61 Å². The highest BCUT2D eigenvalue weighted by atomic mass is 16.6. The first-order chi connectivity index (χ1) is 13.5. The van der Waals surface area contributed by atoms with Crippen LogP contribution in [0.2, 0.25) is 0 Å². The van der Waals surface area contributed by atoms with E-state index in [4.69, 9.17) is 9.47 Å². The zero-order valence-electron chi connectivity index (χ0n) is 17.0. The molecule has 0 saturated carbocycles. The molecule has 0 spiro atoms. The first kappa shape index (κ1) is 29.3. The van der Waals surface area contributed by atoms with Crippen LogP contribution in [0.25, 0.3) is 0 Å². The third kappa shape index (κ3) is 12.6. The van der Waals surface area contributed by atoms with Crippen molar-refractivity contribution in [1.29, 1.82) is 0 Å². The summed E-state index contributed by atoms with van der Waals surface area (Å²) in [5.41, 5.74) is 2.60. The van der Waals surface area contributed by atoms with Gasteiger partial charge in [-0.15, -0.1) is 0 Å². The molecule has 2 rings (SSSR count). The minimum atomic E-state index is -0.563. The minimum Gasteiger partial charge on any atom is -0.447 e. The molecule has 0 fully saturated rings. The molecule has 2 amide bonds. The Morgan fingerprint density at radius 2 is 1.53 bits per heavy atom. The van der Waals surface area contributed by atoms with Crippen LogP contribution in [0.15, 0.2) is 54.6 Å². The first-order valence-corrected chi connectivity index (χ1v) is 9.31. The zero-order valence-corrected chi connectivity index (χ0v) is 17.0. The number of ether oxygens (including phenoxy) is 2. The van der Waals surface area contributed by atoms with Crippen LogP contribution in [0, 0.1) is 0 Å². The second kappa shape index (κ2) is 17.0. The lowest BCUT2D eigenvalue weighted by molar-refractivity contribution is -0.114. The summed E-state index contributed by atoms with van der Waals surface area (Å²) in [4.78, 5) is 22.2. The molecule has 0 aliphatic heterocycles. The summed E-state index contributed by atoms with van der Waals surface area (Å²) < 4.78 is 9.60. The molecule has 1 atom stereocenters. The van der Waals surface area contributed by atoms with E-state index in [1.54, 1.807) is 24.3 Å². The second-order valence-electron chi connectivity index (χ2n) is 6.24. The van der Waals surface area contributed by atoms with Crippen LogP contribution in [-0.2, 0) is 14.3 Å². The molecule has 0 aliphatic carbocycles. The van der Waals surface area contributed by atoms with Crippen molar-refractivity contribution in [1.82, 2.24) is 0 Å². The summed E-state index contributed by atoms with van der Waals surface area (Å²) in [6, 6.07) is 17.4. The highest BCUT2D eigenvalue weighted by Gasteiger charge is 2.04. The van der Waals surface area contributed by atoms with E-state index in [0.29, 0.717) is 23.9 Å². The maximum Gasteiger partial charge on any atom is 0.411 e. The molecule has 0 aliphatic rings. The summed E-state index contributed by atoms with van der Waals surface area (Å²) in [6.45, 7) is 6.43. The molecule has 0 saturated heterocycles. The van der Waals surface area contributed by atoms with Gasteiger partial charge in [-0.2, -0.15) is 0 Å². The van der Waals surface area contributed by atoms with Crippen molar-refractivity contribution in [2.75, 3.05) is 31.0 Å². The number of hydrogen-bond donors (Lipinski definition) is 2. The Kier molecular flexibility index (Phi) is 16.7. The Labute approximate surface area is 182 Å². The fraction of sp³-hybridized carbons (Fsp3) is 0.417. The average Bonchev–Trinajstić information content (AvgIpc) is 2.68. The normalized spacial score (nSPS) is 10.1. The fourth-order valence-electron chi connectivity index (χ4n) is 2.27. The van der Waals surface area contributed by atoms with Gasteiger partial charge < -0.3 is 14.8 Å². The lowest BCUT2D eigenvalue weighted by Gasteiger charge is -2.08. The smallest absolute Gasteiger partial charge is 0.411 e. The Hall–Kier alpha value is -2.86. The molecule has 0 radical (unpaired) electrons.